The molecular formula is C34H46N6O6. The number of benzene rings is 1. The van der Waals surface area contributed by atoms with Crippen molar-refractivity contribution < 1.29 is 28.6 Å². The molecule has 0 aliphatic carbocycles. The largest absolute Gasteiger partial charge is 0.486 e. The van der Waals surface area contributed by atoms with Gasteiger partial charge in [0.2, 0.25) is 0 Å². The molecule has 248 valence electrons. The molecule has 12 heteroatoms. The van der Waals surface area contributed by atoms with E-state index in [1.165, 1.54) is 17.5 Å². The van der Waals surface area contributed by atoms with E-state index < -0.39 is 11.7 Å². The minimum atomic E-state index is -0.714. The smallest absolute Gasteiger partial charge is 0.410 e. The first kappa shape index (κ1) is 33.2. The molecule has 2 aliphatic heterocycles. The molecule has 3 aromatic rings. The number of ether oxygens (including phenoxy) is 2. The number of β-amino-alcohol motifs (C(OH)–C–C–N with tert-alkyl or cyclic N) is 1. The summed E-state index contributed by atoms with van der Waals surface area (Å²) in [6.07, 6.45) is 4.34. The molecule has 3 atom stereocenters. The maximum atomic E-state index is 12.9. The third kappa shape index (κ3) is 8.97. The highest BCUT2D eigenvalue weighted by atomic mass is 16.6. The van der Waals surface area contributed by atoms with E-state index in [0.29, 0.717) is 31.1 Å². The number of aromatic nitrogens is 2. The second-order valence-electron chi connectivity index (χ2n) is 13.2. The average Bonchev–Trinajstić information content (AvgIpc) is 3.42. The van der Waals surface area contributed by atoms with Gasteiger partial charge in [-0.05, 0) is 89.3 Å². The molecule has 0 bridgehead atoms. The van der Waals surface area contributed by atoms with Crippen LogP contribution in [0.1, 0.15) is 73.5 Å². The molecule has 2 aliphatic rings. The van der Waals surface area contributed by atoms with Gasteiger partial charge in [0.1, 0.15) is 23.8 Å². The van der Waals surface area contributed by atoms with Crippen LogP contribution in [0.25, 0.3) is 0 Å². The normalized spacial score (nSPS) is 19.2. The first-order chi connectivity index (χ1) is 21.9. The molecule has 2 aromatic heterocycles. The summed E-state index contributed by atoms with van der Waals surface area (Å²) in [7, 11) is 0. The summed E-state index contributed by atoms with van der Waals surface area (Å²) in [5.41, 5.74) is 3.19. The van der Waals surface area contributed by atoms with E-state index in [1.807, 2.05) is 40.7 Å². The van der Waals surface area contributed by atoms with Gasteiger partial charge in [0, 0.05) is 56.6 Å². The number of likely N-dealkylation sites (tertiary alicyclic amines) is 1. The van der Waals surface area contributed by atoms with Crippen molar-refractivity contribution in [1.82, 2.24) is 25.1 Å². The van der Waals surface area contributed by atoms with E-state index in [1.54, 1.807) is 23.2 Å². The number of anilines is 1. The standard InChI is InChI=1S/C34H46N6O6/c1-22-14-27(10-13-40(22)33(43)46-34(3,4)5)38-31-16-25(8-11-35-31)32(42)36-17-28(41)19-39-12-9-24-15-29(7-6-26(24)18-39)44-20-30-23(2)37-21-45-30/h6-8,11,15-16,21-22,27-28,41H,9-10,12-14,17-20H2,1-5H3,(H,35,38)(H,36,42)/t22-,27-,28-/m0/s1. The quantitative estimate of drug-likeness (QED) is 0.295. The first-order valence-electron chi connectivity index (χ1n) is 16.0. The fraction of sp³-hybridized carbons (Fsp3) is 0.529. The summed E-state index contributed by atoms with van der Waals surface area (Å²) in [6.45, 7) is 12.5. The summed E-state index contributed by atoms with van der Waals surface area (Å²) < 4.78 is 16.8. The molecule has 2 amide bonds. The van der Waals surface area contributed by atoms with Crippen LogP contribution in [0.3, 0.4) is 0 Å². The van der Waals surface area contributed by atoms with Crippen molar-refractivity contribution in [3.8, 4) is 5.75 Å². The van der Waals surface area contributed by atoms with Gasteiger partial charge >= 0.3 is 6.09 Å². The van der Waals surface area contributed by atoms with Gasteiger partial charge in [-0.25, -0.2) is 14.8 Å². The van der Waals surface area contributed by atoms with Crippen molar-refractivity contribution in [2.75, 3.05) is 31.5 Å². The Balaban J connectivity index is 1.05. The van der Waals surface area contributed by atoms with E-state index in [2.05, 4.69) is 37.6 Å². The lowest BCUT2D eigenvalue weighted by Crippen LogP contribution is -2.49. The van der Waals surface area contributed by atoms with Crippen LogP contribution in [0.4, 0.5) is 10.6 Å². The highest BCUT2D eigenvalue weighted by molar-refractivity contribution is 5.94. The van der Waals surface area contributed by atoms with Crippen molar-refractivity contribution >= 4 is 17.8 Å². The Morgan fingerprint density at radius 3 is 2.72 bits per heavy atom. The van der Waals surface area contributed by atoms with Crippen molar-refractivity contribution in [3.63, 3.8) is 0 Å². The lowest BCUT2D eigenvalue weighted by atomic mass is 9.98. The minimum absolute atomic E-state index is 0.00844. The molecule has 12 nitrogen and oxygen atoms in total. The molecule has 5 rings (SSSR count). The predicted molar refractivity (Wildman–Crippen MR) is 173 cm³/mol. The van der Waals surface area contributed by atoms with Crippen LogP contribution in [-0.2, 0) is 24.3 Å². The van der Waals surface area contributed by atoms with Crippen LogP contribution in [0.15, 0.2) is 47.3 Å². The van der Waals surface area contributed by atoms with Gasteiger partial charge in [-0.1, -0.05) is 6.07 Å². The Morgan fingerprint density at radius 1 is 1.15 bits per heavy atom. The average molecular weight is 635 g/mol. The third-order valence-electron chi connectivity index (χ3n) is 8.33. The molecule has 46 heavy (non-hydrogen) atoms. The Hall–Kier alpha value is -4.16. The monoisotopic (exact) mass is 634 g/mol. The molecule has 0 unspecified atom stereocenters. The number of piperidine rings is 1. The summed E-state index contributed by atoms with van der Waals surface area (Å²) >= 11 is 0. The zero-order valence-corrected chi connectivity index (χ0v) is 27.4. The molecular weight excluding hydrogens is 588 g/mol. The molecule has 4 heterocycles. The van der Waals surface area contributed by atoms with Crippen LogP contribution in [0, 0.1) is 6.92 Å². The van der Waals surface area contributed by atoms with Crippen LogP contribution in [0.2, 0.25) is 0 Å². The number of hydrogen-bond acceptors (Lipinski definition) is 10. The number of hydrogen-bond donors (Lipinski definition) is 3. The number of aliphatic hydroxyl groups is 1. The number of pyridine rings is 1. The van der Waals surface area contributed by atoms with Crippen LogP contribution < -0.4 is 15.4 Å². The Morgan fingerprint density at radius 2 is 1.98 bits per heavy atom. The molecule has 1 aromatic carbocycles. The van der Waals surface area contributed by atoms with Crippen LogP contribution in [-0.4, -0.2) is 86.8 Å². The predicted octanol–water partition coefficient (Wildman–Crippen LogP) is 4.31. The van der Waals surface area contributed by atoms with Gasteiger partial charge in [-0.2, -0.15) is 0 Å². The number of fused-ring (bicyclic) bond motifs is 1. The van der Waals surface area contributed by atoms with Gasteiger partial charge in [-0.3, -0.25) is 9.69 Å². The van der Waals surface area contributed by atoms with Crippen molar-refractivity contribution in [1.29, 1.82) is 0 Å². The maximum Gasteiger partial charge on any atom is 0.410 e. The Bertz CT molecular complexity index is 1500. The number of nitrogens with zero attached hydrogens (tertiary/aromatic N) is 4. The van der Waals surface area contributed by atoms with Gasteiger partial charge < -0.3 is 34.5 Å². The van der Waals surface area contributed by atoms with Crippen LogP contribution in [0.5, 0.6) is 5.75 Å². The van der Waals surface area contributed by atoms with E-state index in [0.717, 1.165) is 49.6 Å². The number of aliphatic hydroxyl groups excluding tert-OH is 1. The third-order valence-corrected chi connectivity index (χ3v) is 8.33. The van der Waals surface area contributed by atoms with Gasteiger partial charge in [0.15, 0.2) is 12.2 Å². The number of carbonyl (C=O) groups excluding carboxylic acids is 2. The number of amides is 2. The fourth-order valence-electron chi connectivity index (χ4n) is 5.88. The van der Waals surface area contributed by atoms with E-state index in [4.69, 9.17) is 13.9 Å². The zero-order valence-electron chi connectivity index (χ0n) is 27.4. The topological polar surface area (TPSA) is 142 Å². The number of nitrogens with one attached hydrogen (secondary N) is 2. The molecule has 0 saturated carbocycles. The highest BCUT2D eigenvalue weighted by Gasteiger charge is 2.32. The fourth-order valence-corrected chi connectivity index (χ4v) is 5.88. The number of oxazole rings is 1. The molecule has 3 N–H and O–H groups in total. The minimum Gasteiger partial charge on any atom is -0.486 e. The highest BCUT2D eigenvalue weighted by Crippen LogP contribution is 2.26. The molecule has 0 spiro atoms. The van der Waals surface area contributed by atoms with Crippen molar-refractivity contribution in [2.45, 2.75) is 90.8 Å². The lowest BCUT2D eigenvalue weighted by Gasteiger charge is -2.38. The molecule has 1 fully saturated rings. The molecule has 1 saturated heterocycles. The van der Waals surface area contributed by atoms with E-state index in [9.17, 15) is 14.7 Å². The summed E-state index contributed by atoms with van der Waals surface area (Å²) in [5, 5.41) is 17.0. The van der Waals surface area contributed by atoms with Crippen molar-refractivity contribution in [3.05, 3.63) is 71.1 Å². The molecule has 0 radical (unpaired) electrons. The van der Waals surface area contributed by atoms with Crippen LogP contribution >= 0.6 is 0 Å². The Labute approximate surface area is 270 Å². The number of aryl methyl sites for hydroxylation is 1. The van der Waals surface area contributed by atoms with E-state index in [-0.39, 0.29) is 30.6 Å². The second-order valence-corrected chi connectivity index (χ2v) is 13.2. The number of rotatable bonds is 10. The lowest BCUT2D eigenvalue weighted by molar-refractivity contribution is 0.0112. The number of carbonyl (C=O) groups is 2. The van der Waals surface area contributed by atoms with E-state index >= 15 is 0 Å². The first-order valence-corrected chi connectivity index (χ1v) is 16.0. The van der Waals surface area contributed by atoms with Gasteiger partial charge in [0.25, 0.3) is 5.91 Å². The van der Waals surface area contributed by atoms with Gasteiger partial charge in [0.05, 0.1) is 11.8 Å². The van der Waals surface area contributed by atoms with Crippen molar-refractivity contribution in [2.24, 2.45) is 0 Å². The van der Waals surface area contributed by atoms with Gasteiger partial charge in [-0.15, -0.1) is 0 Å². The summed E-state index contributed by atoms with van der Waals surface area (Å²) in [6, 6.07) is 9.59. The summed E-state index contributed by atoms with van der Waals surface area (Å²) in [4.78, 5) is 37.9. The SMILES string of the molecule is Cc1ncoc1COc1ccc2c(c1)CCN(C[C@@H](O)CNC(=O)c1ccnc(N[C@H]3CCN(C(=O)OC(C)(C)C)[C@@H](C)C3)c1)C2. The zero-order chi connectivity index (χ0) is 32.8. The Kier molecular flexibility index (Phi) is 10.5. The maximum absolute atomic E-state index is 12.9. The summed E-state index contributed by atoms with van der Waals surface area (Å²) in [5.74, 6) is 1.84. The second kappa shape index (κ2) is 14.5.